The van der Waals surface area contributed by atoms with Crippen molar-refractivity contribution in [2.45, 2.75) is 32.9 Å². The first-order valence-electron chi connectivity index (χ1n) is 8.51. The van der Waals surface area contributed by atoms with Gasteiger partial charge in [-0.05, 0) is 30.7 Å². The minimum absolute atomic E-state index is 0.0775. The van der Waals surface area contributed by atoms with E-state index in [1.165, 1.54) is 41.2 Å². The summed E-state index contributed by atoms with van der Waals surface area (Å²) in [4.78, 5) is 11.9. The molecule has 0 saturated carbocycles. The molecule has 0 unspecified atom stereocenters. The van der Waals surface area contributed by atoms with Crippen LogP contribution < -0.4 is 5.32 Å². The highest BCUT2D eigenvalue weighted by Crippen LogP contribution is 2.28. The van der Waals surface area contributed by atoms with Crippen molar-refractivity contribution in [3.8, 4) is 0 Å². The maximum atomic E-state index is 13.8. The van der Waals surface area contributed by atoms with Crippen LogP contribution in [0.2, 0.25) is 5.02 Å². The second-order valence-electron chi connectivity index (χ2n) is 6.41. The van der Waals surface area contributed by atoms with Gasteiger partial charge in [0.05, 0.1) is 11.6 Å². The van der Waals surface area contributed by atoms with E-state index < -0.39 is 23.6 Å². The summed E-state index contributed by atoms with van der Waals surface area (Å²) in [5, 5.41) is 6.66. The summed E-state index contributed by atoms with van der Waals surface area (Å²) in [5.41, 5.74) is 0.737. The molecule has 0 aliphatic carbocycles. The summed E-state index contributed by atoms with van der Waals surface area (Å²) in [6.07, 6.45) is 0.678. The number of nitrogens with zero attached hydrogens (tertiary/aromatic N) is 2. The lowest BCUT2D eigenvalue weighted by atomic mass is 10.1. The molecular formula is C19H17ClF3N3O3. The minimum Gasteiger partial charge on any atom is -0.458 e. The van der Waals surface area contributed by atoms with Gasteiger partial charge in [0.1, 0.15) is 18.2 Å². The molecule has 29 heavy (non-hydrogen) atoms. The number of rotatable bonds is 6. The molecule has 0 atom stereocenters. The lowest BCUT2D eigenvalue weighted by molar-refractivity contribution is -0.00636. The van der Waals surface area contributed by atoms with Gasteiger partial charge < -0.3 is 9.15 Å². The molecule has 2 heterocycles. The van der Waals surface area contributed by atoms with Crippen LogP contribution in [0.4, 0.5) is 23.8 Å². The molecule has 0 radical (unpaired) electrons. The van der Waals surface area contributed by atoms with E-state index >= 15 is 0 Å². The molecule has 0 spiro atoms. The fraction of sp³-hybridized carbons (Fsp3) is 0.263. The van der Waals surface area contributed by atoms with Crippen molar-refractivity contribution < 1.29 is 27.1 Å². The zero-order valence-electron chi connectivity index (χ0n) is 15.5. The SMILES string of the molecule is Cc1ccc(F)c(COC(=O)Nc2ccn(Cc3ccc(C(C)(F)F)o3)n2)c1Cl. The topological polar surface area (TPSA) is 69.3 Å². The predicted octanol–water partition coefficient (Wildman–Crippen LogP) is 5.49. The Morgan fingerprint density at radius 1 is 1.31 bits per heavy atom. The van der Waals surface area contributed by atoms with Crippen LogP contribution in [0.3, 0.4) is 0 Å². The first-order valence-corrected chi connectivity index (χ1v) is 8.89. The maximum absolute atomic E-state index is 13.8. The van der Waals surface area contributed by atoms with Crippen molar-refractivity contribution in [3.05, 3.63) is 70.0 Å². The number of benzene rings is 1. The van der Waals surface area contributed by atoms with E-state index in [0.29, 0.717) is 5.56 Å². The Bertz CT molecular complexity index is 1030. The minimum atomic E-state index is -3.07. The van der Waals surface area contributed by atoms with E-state index in [1.807, 2.05) is 0 Å². The molecule has 0 fully saturated rings. The van der Waals surface area contributed by atoms with Crippen molar-refractivity contribution in [1.82, 2.24) is 9.78 Å². The van der Waals surface area contributed by atoms with Gasteiger partial charge in [-0.2, -0.15) is 13.9 Å². The Kier molecular flexibility index (Phi) is 5.88. The largest absolute Gasteiger partial charge is 0.458 e. The van der Waals surface area contributed by atoms with Gasteiger partial charge in [0.2, 0.25) is 0 Å². The number of aromatic nitrogens is 2. The molecule has 1 aromatic carbocycles. The van der Waals surface area contributed by atoms with E-state index in [9.17, 15) is 18.0 Å². The number of alkyl halides is 2. The van der Waals surface area contributed by atoms with Crippen molar-refractivity contribution in [1.29, 1.82) is 0 Å². The Labute approximate surface area is 169 Å². The van der Waals surface area contributed by atoms with Crippen LogP contribution >= 0.6 is 11.6 Å². The Balaban J connectivity index is 1.57. The summed E-state index contributed by atoms with van der Waals surface area (Å²) in [6.45, 7) is 2.20. The van der Waals surface area contributed by atoms with E-state index in [-0.39, 0.29) is 35.3 Å². The van der Waals surface area contributed by atoms with Crippen molar-refractivity contribution in [2.24, 2.45) is 0 Å². The van der Waals surface area contributed by atoms with E-state index in [0.717, 1.165) is 6.92 Å². The van der Waals surface area contributed by atoms with Crippen LogP contribution in [0.25, 0.3) is 0 Å². The van der Waals surface area contributed by atoms with Crippen LogP contribution in [-0.2, 0) is 23.8 Å². The number of ether oxygens (including phenoxy) is 1. The van der Waals surface area contributed by atoms with Gasteiger partial charge in [0.15, 0.2) is 11.6 Å². The summed E-state index contributed by atoms with van der Waals surface area (Å²) in [5.74, 6) is -3.64. The average Bonchev–Trinajstić information content (AvgIpc) is 3.28. The maximum Gasteiger partial charge on any atom is 0.413 e. The zero-order chi connectivity index (χ0) is 21.2. The van der Waals surface area contributed by atoms with Gasteiger partial charge >= 0.3 is 12.0 Å². The fourth-order valence-electron chi connectivity index (χ4n) is 2.50. The summed E-state index contributed by atoms with van der Waals surface area (Å²) < 4.78 is 51.7. The number of nitrogens with one attached hydrogen (secondary N) is 1. The highest BCUT2D eigenvalue weighted by atomic mass is 35.5. The van der Waals surface area contributed by atoms with Crippen molar-refractivity contribution in [2.75, 3.05) is 5.32 Å². The van der Waals surface area contributed by atoms with Crippen molar-refractivity contribution in [3.63, 3.8) is 0 Å². The Morgan fingerprint density at radius 3 is 2.76 bits per heavy atom. The zero-order valence-corrected chi connectivity index (χ0v) is 16.3. The standard InChI is InChI=1S/C19H17ClF3N3O3/c1-11-3-5-14(21)13(17(11)20)10-28-18(27)24-16-7-8-26(25-16)9-12-4-6-15(29-12)19(2,22)23/h3-8H,9-10H2,1-2H3,(H,24,25,27). The molecule has 2 aromatic heterocycles. The number of hydrogen-bond acceptors (Lipinski definition) is 4. The van der Waals surface area contributed by atoms with Gasteiger partial charge in [0.25, 0.3) is 0 Å². The number of hydrogen-bond donors (Lipinski definition) is 1. The summed E-state index contributed by atoms with van der Waals surface area (Å²) in [7, 11) is 0. The van der Waals surface area contributed by atoms with Gasteiger partial charge in [-0.15, -0.1) is 0 Å². The second kappa shape index (κ2) is 8.20. The van der Waals surface area contributed by atoms with E-state index in [1.54, 1.807) is 6.92 Å². The van der Waals surface area contributed by atoms with Gasteiger partial charge in [-0.25, -0.2) is 9.18 Å². The number of aryl methyl sites for hydroxylation is 1. The average molecular weight is 428 g/mol. The molecule has 6 nitrogen and oxygen atoms in total. The number of anilines is 1. The lowest BCUT2D eigenvalue weighted by Gasteiger charge is -2.09. The molecule has 0 bridgehead atoms. The van der Waals surface area contributed by atoms with E-state index in [2.05, 4.69) is 10.4 Å². The smallest absolute Gasteiger partial charge is 0.413 e. The van der Waals surface area contributed by atoms with E-state index in [4.69, 9.17) is 20.8 Å². The van der Waals surface area contributed by atoms with Crippen LogP contribution in [0.5, 0.6) is 0 Å². The molecular weight excluding hydrogens is 411 g/mol. The molecule has 0 aliphatic rings. The number of carbonyl (C=O) groups is 1. The van der Waals surface area contributed by atoms with Gasteiger partial charge in [-0.3, -0.25) is 10.00 Å². The molecule has 3 rings (SSSR count). The van der Waals surface area contributed by atoms with Crippen LogP contribution in [0.15, 0.2) is 40.9 Å². The molecule has 10 heteroatoms. The summed E-state index contributed by atoms with van der Waals surface area (Å²) >= 11 is 6.03. The third-order valence-corrected chi connectivity index (χ3v) is 4.54. The normalized spacial score (nSPS) is 11.5. The Hall–Kier alpha value is -2.94. The molecule has 1 N–H and O–H groups in total. The second-order valence-corrected chi connectivity index (χ2v) is 6.79. The van der Waals surface area contributed by atoms with Gasteiger partial charge in [0, 0.05) is 24.8 Å². The predicted molar refractivity (Wildman–Crippen MR) is 99.6 cm³/mol. The summed E-state index contributed by atoms with van der Waals surface area (Å²) in [6, 6.07) is 6.88. The molecule has 0 saturated heterocycles. The van der Waals surface area contributed by atoms with Crippen LogP contribution in [0, 0.1) is 12.7 Å². The molecule has 154 valence electrons. The quantitative estimate of drug-likeness (QED) is 0.565. The highest BCUT2D eigenvalue weighted by molar-refractivity contribution is 6.32. The first kappa shape index (κ1) is 20.8. The Morgan fingerprint density at radius 2 is 2.07 bits per heavy atom. The lowest BCUT2D eigenvalue weighted by Crippen LogP contribution is -2.15. The number of carbonyl (C=O) groups excluding carboxylic acids is 1. The monoisotopic (exact) mass is 427 g/mol. The van der Waals surface area contributed by atoms with Crippen molar-refractivity contribution >= 4 is 23.5 Å². The molecule has 1 amide bonds. The highest BCUT2D eigenvalue weighted by Gasteiger charge is 2.28. The van der Waals surface area contributed by atoms with Gasteiger partial charge in [-0.1, -0.05) is 17.7 Å². The first-order chi connectivity index (χ1) is 13.6. The van der Waals surface area contributed by atoms with Crippen LogP contribution in [-0.4, -0.2) is 15.9 Å². The fourth-order valence-corrected chi connectivity index (χ4v) is 2.71. The molecule has 0 aliphatic heterocycles. The van der Waals surface area contributed by atoms with Crippen LogP contribution in [0.1, 0.15) is 29.6 Å². The number of amides is 1. The number of halogens is 4. The number of furan rings is 1. The third kappa shape index (κ3) is 5.11. The third-order valence-electron chi connectivity index (χ3n) is 4.01. The molecule has 3 aromatic rings.